The molecule has 1 aromatic rings. The molecule has 0 aliphatic rings. The molecule has 1 rings (SSSR count). The molecule has 0 radical (unpaired) electrons. The predicted molar refractivity (Wildman–Crippen MR) is 49.1 cm³/mol. The summed E-state index contributed by atoms with van der Waals surface area (Å²) in [6.07, 6.45) is 4.14. The zero-order valence-corrected chi connectivity index (χ0v) is 7.13. The summed E-state index contributed by atoms with van der Waals surface area (Å²) in [6, 6.07) is 3.40. The Morgan fingerprint density at radius 1 is 1.15 bits per heavy atom. The summed E-state index contributed by atoms with van der Waals surface area (Å²) >= 11 is 0. The Balaban J connectivity index is 2.77. The van der Waals surface area contributed by atoms with Gasteiger partial charge in [0.1, 0.15) is 11.6 Å². The summed E-state index contributed by atoms with van der Waals surface area (Å²) in [4.78, 5) is 0. The van der Waals surface area contributed by atoms with Crippen LogP contribution >= 0.6 is 0 Å². The molecule has 0 bridgehead atoms. The van der Waals surface area contributed by atoms with Crippen molar-refractivity contribution in [3.05, 3.63) is 41.5 Å². The summed E-state index contributed by atoms with van der Waals surface area (Å²) in [6.45, 7) is 0.536. The van der Waals surface area contributed by atoms with Crippen LogP contribution in [0.5, 0.6) is 0 Å². The third kappa shape index (κ3) is 3.34. The van der Waals surface area contributed by atoms with Gasteiger partial charge in [0.15, 0.2) is 0 Å². The Morgan fingerprint density at radius 3 is 2.31 bits per heavy atom. The summed E-state index contributed by atoms with van der Waals surface area (Å²) in [5.41, 5.74) is 5.77. The van der Waals surface area contributed by atoms with E-state index >= 15 is 0 Å². The second kappa shape index (κ2) is 4.72. The summed E-state index contributed by atoms with van der Waals surface area (Å²) in [5.74, 6) is -1.13. The van der Waals surface area contributed by atoms with E-state index in [4.69, 9.17) is 5.73 Å². The van der Waals surface area contributed by atoms with E-state index in [0.29, 0.717) is 18.5 Å². The van der Waals surface area contributed by atoms with Gasteiger partial charge in [-0.1, -0.05) is 12.2 Å². The Hall–Kier alpha value is -1.22. The van der Waals surface area contributed by atoms with Crippen LogP contribution in [0.15, 0.2) is 24.3 Å². The van der Waals surface area contributed by atoms with Crippen molar-refractivity contribution in [3.63, 3.8) is 0 Å². The number of nitrogens with two attached hydrogens (primary N) is 1. The van der Waals surface area contributed by atoms with Gasteiger partial charge in [0.25, 0.3) is 0 Å². The molecule has 3 heteroatoms. The second-order valence-corrected chi connectivity index (χ2v) is 2.68. The highest BCUT2D eigenvalue weighted by atomic mass is 19.1. The molecule has 0 saturated carbocycles. The highest BCUT2D eigenvalue weighted by Crippen LogP contribution is 2.09. The van der Waals surface area contributed by atoms with Gasteiger partial charge in [-0.2, -0.15) is 0 Å². The van der Waals surface area contributed by atoms with Gasteiger partial charge in [-0.3, -0.25) is 0 Å². The number of halogens is 2. The normalized spacial score (nSPS) is 11.0. The Kier molecular flexibility index (Phi) is 3.58. The van der Waals surface area contributed by atoms with E-state index in [0.717, 1.165) is 6.07 Å². The van der Waals surface area contributed by atoms with E-state index in [1.54, 1.807) is 12.2 Å². The molecule has 0 fully saturated rings. The molecular weight excluding hydrogens is 172 g/mol. The molecule has 13 heavy (non-hydrogen) atoms. The Labute approximate surface area is 75.9 Å². The van der Waals surface area contributed by atoms with E-state index in [-0.39, 0.29) is 0 Å². The van der Waals surface area contributed by atoms with E-state index in [1.165, 1.54) is 12.1 Å². The first-order valence-electron chi connectivity index (χ1n) is 4.05. The first-order valence-corrected chi connectivity index (χ1v) is 4.05. The van der Waals surface area contributed by atoms with Crippen LogP contribution in [0.3, 0.4) is 0 Å². The molecule has 1 nitrogen and oxygen atoms in total. The molecule has 0 aliphatic heterocycles. The Morgan fingerprint density at radius 2 is 1.77 bits per heavy atom. The molecular formula is C10H11F2N. The van der Waals surface area contributed by atoms with Gasteiger partial charge in [0.2, 0.25) is 0 Å². The molecule has 0 spiro atoms. The Bertz CT molecular complexity index is 288. The predicted octanol–water partition coefficient (Wildman–Crippen LogP) is 2.33. The van der Waals surface area contributed by atoms with Crippen LogP contribution in [0, 0.1) is 11.6 Å². The van der Waals surface area contributed by atoms with Crippen LogP contribution in [0.2, 0.25) is 0 Å². The van der Waals surface area contributed by atoms with Gasteiger partial charge in [0, 0.05) is 6.07 Å². The number of hydrogen-bond donors (Lipinski definition) is 1. The van der Waals surface area contributed by atoms with Gasteiger partial charge in [-0.05, 0) is 30.7 Å². The molecule has 0 atom stereocenters. The molecule has 2 N–H and O–H groups in total. The minimum atomic E-state index is -0.563. The van der Waals surface area contributed by atoms with E-state index in [2.05, 4.69) is 0 Å². The standard InChI is InChI=1S/C10H11F2N/c11-9-5-8(3-1-2-4-13)6-10(12)7-9/h1,3,5-7H,2,4,13H2/b3-1+. The van der Waals surface area contributed by atoms with Crippen LogP contribution in [-0.4, -0.2) is 6.54 Å². The smallest absolute Gasteiger partial charge is 0.126 e. The van der Waals surface area contributed by atoms with Crippen molar-refractivity contribution in [1.82, 2.24) is 0 Å². The topological polar surface area (TPSA) is 26.0 Å². The molecule has 0 unspecified atom stereocenters. The van der Waals surface area contributed by atoms with Crippen molar-refractivity contribution in [1.29, 1.82) is 0 Å². The fourth-order valence-corrected chi connectivity index (χ4v) is 0.987. The lowest BCUT2D eigenvalue weighted by molar-refractivity contribution is 0.583. The fourth-order valence-electron chi connectivity index (χ4n) is 0.987. The van der Waals surface area contributed by atoms with Crippen LogP contribution < -0.4 is 5.73 Å². The number of benzene rings is 1. The van der Waals surface area contributed by atoms with Crippen LogP contribution in [0.25, 0.3) is 6.08 Å². The van der Waals surface area contributed by atoms with Crippen molar-refractivity contribution >= 4 is 6.08 Å². The molecule has 0 aliphatic carbocycles. The number of rotatable bonds is 3. The third-order valence-corrected chi connectivity index (χ3v) is 1.53. The first-order chi connectivity index (χ1) is 6.22. The van der Waals surface area contributed by atoms with Crippen LogP contribution in [0.1, 0.15) is 12.0 Å². The average molecular weight is 183 g/mol. The summed E-state index contributed by atoms with van der Waals surface area (Å²) in [7, 11) is 0. The lowest BCUT2D eigenvalue weighted by Gasteiger charge is -1.94. The third-order valence-electron chi connectivity index (χ3n) is 1.53. The number of hydrogen-bond acceptors (Lipinski definition) is 1. The van der Waals surface area contributed by atoms with E-state index in [9.17, 15) is 8.78 Å². The summed E-state index contributed by atoms with van der Waals surface area (Å²) in [5, 5.41) is 0. The second-order valence-electron chi connectivity index (χ2n) is 2.68. The van der Waals surface area contributed by atoms with Crippen LogP contribution in [0.4, 0.5) is 8.78 Å². The maximum atomic E-state index is 12.6. The maximum Gasteiger partial charge on any atom is 0.126 e. The largest absolute Gasteiger partial charge is 0.330 e. The van der Waals surface area contributed by atoms with Crippen LogP contribution in [-0.2, 0) is 0 Å². The fraction of sp³-hybridized carbons (Fsp3) is 0.200. The average Bonchev–Trinajstić information content (AvgIpc) is 2.03. The van der Waals surface area contributed by atoms with Crippen molar-refractivity contribution in [2.45, 2.75) is 6.42 Å². The lowest BCUT2D eigenvalue weighted by atomic mass is 10.2. The van der Waals surface area contributed by atoms with Gasteiger partial charge in [-0.25, -0.2) is 8.78 Å². The highest BCUT2D eigenvalue weighted by molar-refractivity contribution is 5.49. The van der Waals surface area contributed by atoms with Gasteiger partial charge in [-0.15, -0.1) is 0 Å². The molecule has 70 valence electrons. The van der Waals surface area contributed by atoms with Gasteiger partial charge >= 0.3 is 0 Å². The van der Waals surface area contributed by atoms with Gasteiger partial charge in [0.05, 0.1) is 0 Å². The maximum absolute atomic E-state index is 12.6. The molecule has 1 aromatic carbocycles. The quantitative estimate of drug-likeness (QED) is 0.764. The molecule has 0 amide bonds. The highest BCUT2D eigenvalue weighted by Gasteiger charge is 1.96. The molecule has 0 heterocycles. The zero-order chi connectivity index (χ0) is 9.68. The van der Waals surface area contributed by atoms with Crippen molar-refractivity contribution in [3.8, 4) is 0 Å². The lowest BCUT2D eigenvalue weighted by Crippen LogP contribution is -1.95. The minimum absolute atomic E-state index is 0.519. The van der Waals surface area contributed by atoms with Gasteiger partial charge < -0.3 is 5.73 Å². The van der Waals surface area contributed by atoms with E-state index in [1.807, 2.05) is 0 Å². The zero-order valence-electron chi connectivity index (χ0n) is 7.13. The SMILES string of the molecule is NCC/C=C/c1cc(F)cc(F)c1. The van der Waals surface area contributed by atoms with Crippen molar-refractivity contribution in [2.75, 3.05) is 6.54 Å². The minimum Gasteiger partial charge on any atom is -0.330 e. The summed E-state index contributed by atoms with van der Waals surface area (Å²) < 4.78 is 25.3. The van der Waals surface area contributed by atoms with Crippen molar-refractivity contribution in [2.24, 2.45) is 5.73 Å². The first kappa shape index (κ1) is 9.86. The van der Waals surface area contributed by atoms with Crippen molar-refractivity contribution < 1.29 is 8.78 Å². The molecule has 0 saturated heterocycles. The monoisotopic (exact) mass is 183 g/mol. The van der Waals surface area contributed by atoms with E-state index < -0.39 is 11.6 Å². The molecule has 0 aromatic heterocycles.